The van der Waals surface area contributed by atoms with Crippen LogP contribution < -0.4 is 14.8 Å². The predicted octanol–water partition coefficient (Wildman–Crippen LogP) is 5.63. The van der Waals surface area contributed by atoms with Crippen molar-refractivity contribution in [3.63, 3.8) is 0 Å². The third-order valence-corrected chi connectivity index (χ3v) is 8.34. The van der Waals surface area contributed by atoms with E-state index in [-0.39, 0.29) is 30.5 Å². The average molecular weight is 599 g/mol. The Morgan fingerprint density at radius 2 is 1.56 bits per heavy atom. The van der Waals surface area contributed by atoms with Gasteiger partial charge in [-0.15, -0.1) is 0 Å². The molecule has 2 aromatic carbocycles. The summed E-state index contributed by atoms with van der Waals surface area (Å²) in [5, 5.41) is 7.04. The molecular formula is C32H37F3N4O4. The Labute approximate surface area is 249 Å². The molecule has 2 aliphatic rings. The Morgan fingerprint density at radius 3 is 2.16 bits per heavy atom. The fraction of sp³-hybridized carbons (Fsp3) is 0.469. The highest BCUT2D eigenvalue weighted by atomic mass is 19.4. The molecule has 0 aliphatic heterocycles. The van der Waals surface area contributed by atoms with Gasteiger partial charge in [0, 0.05) is 23.8 Å². The maximum absolute atomic E-state index is 14.2. The topological polar surface area (TPSA) is 85.7 Å². The molecule has 1 saturated carbocycles. The van der Waals surface area contributed by atoms with Crippen LogP contribution in [0.1, 0.15) is 72.6 Å². The summed E-state index contributed by atoms with van der Waals surface area (Å²) >= 11 is 0. The first-order chi connectivity index (χ1) is 20.7. The van der Waals surface area contributed by atoms with Crippen molar-refractivity contribution in [1.82, 2.24) is 20.0 Å². The summed E-state index contributed by atoms with van der Waals surface area (Å²) in [4.78, 5) is 29.6. The van der Waals surface area contributed by atoms with Gasteiger partial charge in [-0.25, -0.2) is 0 Å². The van der Waals surface area contributed by atoms with Gasteiger partial charge in [-0.05, 0) is 73.9 Å². The smallest absolute Gasteiger partial charge is 0.435 e. The van der Waals surface area contributed by atoms with Gasteiger partial charge >= 0.3 is 6.18 Å². The molecule has 2 amide bonds. The van der Waals surface area contributed by atoms with Crippen molar-refractivity contribution < 1.29 is 32.2 Å². The number of hydrogen-bond acceptors (Lipinski definition) is 5. The molecule has 43 heavy (non-hydrogen) atoms. The van der Waals surface area contributed by atoms with Crippen LogP contribution in [0, 0.1) is 0 Å². The first kappa shape index (κ1) is 30.4. The molecule has 1 atom stereocenters. The summed E-state index contributed by atoms with van der Waals surface area (Å²) in [5.74, 6) is 0.380. The van der Waals surface area contributed by atoms with Crippen LogP contribution in [-0.4, -0.2) is 46.8 Å². The van der Waals surface area contributed by atoms with E-state index in [1.54, 1.807) is 62.8 Å². The molecule has 1 heterocycles. The van der Waals surface area contributed by atoms with Crippen LogP contribution in [0.5, 0.6) is 11.5 Å². The number of nitrogens with zero attached hydrogens (tertiary/aromatic N) is 3. The van der Waals surface area contributed by atoms with Crippen molar-refractivity contribution in [3.8, 4) is 11.5 Å². The second-order valence-electron chi connectivity index (χ2n) is 11.2. The number of hydrogen-bond donors (Lipinski definition) is 1. The minimum Gasteiger partial charge on any atom is -0.497 e. The Morgan fingerprint density at radius 1 is 0.953 bits per heavy atom. The Kier molecular flexibility index (Phi) is 9.27. The van der Waals surface area contributed by atoms with E-state index in [1.165, 1.54) is 9.58 Å². The summed E-state index contributed by atoms with van der Waals surface area (Å²) in [6.07, 6.45) is 1.15. The number of benzene rings is 2. The molecular weight excluding hydrogens is 561 g/mol. The number of carbonyl (C=O) groups is 2. The fourth-order valence-electron chi connectivity index (χ4n) is 6.11. The van der Waals surface area contributed by atoms with E-state index in [2.05, 4.69) is 10.4 Å². The van der Waals surface area contributed by atoms with Gasteiger partial charge in [0.2, 0.25) is 11.8 Å². The first-order valence-corrected chi connectivity index (χ1v) is 14.7. The highest BCUT2D eigenvalue weighted by Crippen LogP contribution is 2.36. The van der Waals surface area contributed by atoms with Gasteiger partial charge in [0.25, 0.3) is 0 Å². The molecule has 8 nitrogen and oxygen atoms in total. The molecule has 1 N–H and O–H groups in total. The molecule has 5 rings (SSSR count). The van der Waals surface area contributed by atoms with Crippen molar-refractivity contribution in [3.05, 3.63) is 76.6 Å². The molecule has 2 aliphatic carbocycles. The standard InChI is InChI=1S/C32H37F3N4O4/c1-42-24-15-11-21(12-16-24)19-38(28(40)20-39-27-10-6-5-9-26(27)30(37-39)32(33,34)35)29(22-13-17-25(43-2)18-14-22)31(41)36-23-7-3-4-8-23/h11-18,23,29H,3-10,19-20H2,1-2H3,(H,36,41)/t29-/m0/s1. The summed E-state index contributed by atoms with van der Waals surface area (Å²) in [6, 6.07) is 13.0. The maximum Gasteiger partial charge on any atom is 0.435 e. The molecule has 11 heteroatoms. The normalized spacial score (nSPS) is 15.9. The highest BCUT2D eigenvalue weighted by Gasteiger charge is 2.40. The van der Waals surface area contributed by atoms with E-state index in [0.717, 1.165) is 37.7 Å². The van der Waals surface area contributed by atoms with Crippen LogP contribution in [-0.2, 0) is 41.7 Å². The number of halogens is 3. The lowest BCUT2D eigenvalue weighted by molar-refractivity contribution is -0.144. The van der Waals surface area contributed by atoms with Crippen LogP contribution in [0.4, 0.5) is 13.2 Å². The average Bonchev–Trinajstić information content (AvgIpc) is 3.65. The maximum atomic E-state index is 14.2. The van der Waals surface area contributed by atoms with Gasteiger partial charge < -0.3 is 19.7 Å². The van der Waals surface area contributed by atoms with Crippen molar-refractivity contribution in [1.29, 1.82) is 0 Å². The number of aromatic nitrogens is 2. The van der Waals surface area contributed by atoms with E-state index in [4.69, 9.17) is 9.47 Å². The van der Waals surface area contributed by atoms with E-state index >= 15 is 0 Å². The minimum absolute atomic E-state index is 0.00124. The highest BCUT2D eigenvalue weighted by molar-refractivity contribution is 5.89. The SMILES string of the molecule is COc1ccc(CN(C(=O)Cn2nc(C(F)(F)F)c3c2CCCC3)[C@H](C(=O)NC2CCCC2)c2ccc(OC)cc2)cc1. The second kappa shape index (κ2) is 13.1. The van der Waals surface area contributed by atoms with Gasteiger partial charge in [0.15, 0.2) is 5.69 Å². The number of nitrogens with one attached hydrogen (secondary N) is 1. The molecule has 3 aromatic rings. The van der Waals surface area contributed by atoms with Crippen LogP contribution >= 0.6 is 0 Å². The zero-order valence-corrected chi connectivity index (χ0v) is 24.5. The molecule has 230 valence electrons. The summed E-state index contributed by atoms with van der Waals surface area (Å²) < 4.78 is 53.5. The van der Waals surface area contributed by atoms with Crippen LogP contribution in [0.3, 0.4) is 0 Å². The van der Waals surface area contributed by atoms with Gasteiger partial charge in [-0.1, -0.05) is 37.1 Å². The van der Waals surface area contributed by atoms with E-state index in [0.29, 0.717) is 35.6 Å². The lowest BCUT2D eigenvalue weighted by Gasteiger charge is -2.33. The minimum atomic E-state index is -4.62. The predicted molar refractivity (Wildman–Crippen MR) is 154 cm³/mol. The first-order valence-electron chi connectivity index (χ1n) is 14.7. The molecule has 0 unspecified atom stereocenters. The van der Waals surface area contributed by atoms with Crippen molar-refractivity contribution in [2.45, 2.75) is 82.7 Å². The van der Waals surface area contributed by atoms with Crippen LogP contribution in [0.15, 0.2) is 48.5 Å². The summed E-state index contributed by atoms with van der Waals surface area (Å²) in [5.41, 5.74) is 0.977. The van der Waals surface area contributed by atoms with Crippen LogP contribution in [0.25, 0.3) is 0 Å². The third-order valence-electron chi connectivity index (χ3n) is 8.34. The number of rotatable bonds is 10. The summed E-state index contributed by atoms with van der Waals surface area (Å²) in [6.45, 7) is -0.370. The number of alkyl halides is 3. The second-order valence-corrected chi connectivity index (χ2v) is 11.2. The van der Waals surface area contributed by atoms with Gasteiger partial charge in [-0.2, -0.15) is 18.3 Å². The molecule has 0 radical (unpaired) electrons. The summed E-state index contributed by atoms with van der Waals surface area (Å²) in [7, 11) is 3.09. The number of amides is 2. The van der Waals surface area contributed by atoms with E-state index in [9.17, 15) is 22.8 Å². The van der Waals surface area contributed by atoms with E-state index < -0.39 is 30.4 Å². The Balaban J connectivity index is 1.54. The number of ether oxygens (including phenoxy) is 2. The molecule has 1 aromatic heterocycles. The Bertz CT molecular complexity index is 1410. The number of methoxy groups -OCH3 is 2. The fourth-order valence-corrected chi connectivity index (χ4v) is 6.11. The van der Waals surface area contributed by atoms with Crippen molar-refractivity contribution >= 4 is 11.8 Å². The van der Waals surface area contributed by atoms with Crippen LogP contribution in [0.2, 0.25) is 0 Å². The van der Waals surface area contributed by atoms with Gasteiger partial charge in [0.05, 0.1) is 14.2 Å². The van der Waals surface area contributed by atoms with Crippen molar-refractivity contribution in [2.24, 2.45) is 0 Å². The molecule has 0 spiro atoms. The molecule has 0 bridgehead atoms. The quantitative estimate of drug-likeness (QED) is 0.327. The van der Waals surface area contributed by atoms with Gasteiger partial charge in [-0.3, -0.25) is 14.3 Å². The van der Waals surface area contributed by atoms with Crippen molar-refractivity contribution in [2.75, 3.05) is 14.2 Å². The zero-order valence-electron chi connectivity index (χ0n) is 24.5. The lowest BCUT2D eigenvalue weighted by atomic mass is 9.95. The third kappa shape index (κ3) is 6.97. The Hall–Kier alpha value is -4.02. The lowest BCUT2D eigenvalue weighted by Crippen LogP contribution is -2.46. The van der Waals surface area contributed by atoms with Gasteiger partial charge in [0.1, 0.15) is 24.1 Å². The number of fused-ring (bicyclic) bond motifs is 1. The zero-order chi connectivity index (χ0) is 30.6. The van der Waals surface area contributed by atoms with E-state index in [1.807, 2.05) is 0 Å². The largest absolute Gasteiger partial charge is 0.497 e. The number of carbonyl (C=O) groups excluding carboxylic acids is 2. The molecule has 0 saturated heterocycles. The monoisotopic (exact) mass is 598 g/mol. The molecule has 1 fully saturated rings.